The highest BCUT2D eigenvalue weighted by Gasteiger charge is 2.24. The van der Waals surface area contributed by atoms with Crippen molar-refractivity contribution in [1.82, 2.24) is 14.7 Å². The first-order valence-corrected chi connectivity index (χ1v) is 12.7. The lowest BCUT2D eigenvalue weighted by atomic mass is 10.1. The van der Waals surface area contributed by atoms with Gasteiger partial charge in [-0.2, -0.15) is 11.8 Å². The lowest BCUT2D eigenvalue weighted by Crippen LogP contribution is -2.50. The van der Waals surface area contributed by atoms with Crippen LogP contribution >= 0.6 is 23.4 Å². The molecule has 2 aliphatic heterocycles. The standard InChI is InChI=1S/C24H28ClFN4O2S/c25-22-15-19(26)4-5-21(22)24(32)30-8-6-28(7-9-30)17-23(31)27-20-3-1-2-18(14-20)16-29-10-12-33-13-11-29/h1-5,14-15H,6-13,16-17H2,(H,27,31). The van der Waals surface area contributed by atoms with Gasteiger partial charge in [-0.25, -0.2) is 4.39 Å². The van der Waals surface area contributed by atoms with Gasteiger partial charge in [-0.05, 0) is 35.9 Å². The first-order chi connectivity index (χ1) is 16.0. The van der Waals surface area contributed by atoms with Crippen molar-refractivity contribution in [3.8, 4) is 0 Å². The van der Waals surface area contributed by atoms with E-state index in [0.29, 0.717) is 31.7 Å². The van der Waals surface area contributed by atoms with Gasteiger partial charge in [-0.1, -0.05) is 23.7 Å². The van der Waals surface area contributed by atoms with Crippen LogP contribution in [0.4, 0.5) is 10.1 Å². The molecule has 33 heavy (non-hydrogen) atoms. The molecule has 0 radical (unpaired) electrons. The number of nitrogens with one attached hydrogen (secondary N) is 1. The van der Waals surface area contributed by atoms with Crippen molar-refractivity contribution in [2.75, 3.05) is 62.6 Å². The number of anilines is 1. The van der Waals surface area contributed by atoms with Crippen LogP contribution < -0.4 is 5.32 Å². The molecule has 2 fully saturated rings. The third kappa shape index (κ3) is 6.69. The number of rotatable bonds is 6. The highest BCUT2D eigenvalue weighted by atomic mass is 35.5. The zero-order valence-electron chi connectivity index (χ0n) is 18.4. The lowest BCUT2D eigenvalue weighted by molar-refractivity contribution is -0.117. The van der Waals surface area contributed by atoms with E-state index in [1.165, 1.54) is 29.2 Å². The molecule has 2 saturated heterocycles. The Bertz CT molecular complexity index is 994. The first kappa shape index (κ1) is 24.0. The van der Waals surface area contributed by atoms with E-state index in [4.69, 9.17) is 11.6 Å². The smallest absolute Gasteiger partial charge is 0.255 e. The highest BCUT2D eigenvalue weighted by Crippen LogP contribution is 2.20. The van der Waals surface area contributed by atoms with Gasteiger partial charge >= 0.3 is 0 Å². The second-order valence-corrected chi connectivity index (χ2v) is 9.96. The minimum absolute atomic E-state index is 0.0668. The fourth-order valence-electron chi connectivity index (χ4n) is 4.11. The first-order valence-electron chi connectivity index (χ1n) is 11.1. The van der Waals surface area contributed by atoms with Gasteiger partial charge in [0.2, 0.25) is 5.91 Å². The van der Waals surface area contributed by atoms with Crippen LogP contribution in [0.25, 0.3) is 0 Å². The maximum absolute atomic E-state index is 13.3. The van der Waals surface area contributed by atoms with Crippen molar-refractivity contribution in [1.29, 1.82) is 0 Å². The van der Waals surface area contributed by atoms with Gasteiger partial charge in [0.25, 0.3) is 5.91 Å². The van der Waals surface area contributed by atoms with Crippen LogP contribution in [0.2, 0.25) is 5.02 Å². The van der Waals surface area contributed by atoms with Crippen LogP contribution in [-0.4, -0.2) is 83.8 Å². The zero-order valence-corrected chi connectivity index (χ0v) is 20.0. The van der Waals surface area contributed by atoms with Crippen molar-refractivity contribution in [3.05, 3.63) is 64.4 Å². The number of hydrogen-bond donors (Lipinski definition) is 1. The van der Waals surface area contributed by atoms with Crippen LogP contribution in [0.5, 0.6) is 0 Å². The van der Waals surface area contributed by atoms with Gasteiger partial charge in [0.1, 0.15) is 5.82 Å². The Morgan fingerprint density at radius 1 is 0.970 bits per heavy atom. The topological polar surface area (TPSA) is 55.9 Å². The molecule has 2 amide bonds. The molecular formula is C24H28ClFN4O2S. The Morgan fingerprint density at radius 2 is 1.73 bits per heavy atom. The molecule has 2 aromatic rings. The van der Waals surface area contributed by atoms with Crippen LogP contribution in [0.3, 0.4) is 0 Å². The van der Waals surface area contributed by atoms with Crippen LogP contribution in [0.1, 0.15) is 15.9 Å². The third-order valence-electron chi connectivity index (χ3n) is 5.91. The lowest BCUT2D eigenvalue weighted by Gasteiger charge is -2.34. The summed E-state index contributed by atoms with van der Waals surface area (Å²) in [4.78, 5) is 31.4. The Hall–Kier alpha value is -2.13. The summed E-state index contributed by atoms with van der Waals surface area (Å²) in [6.07, 6.45) is 0. The van der Waals surface area contributed by atoms with Crippen LogP contribution in [0, 0.1) is 5.82 Å². The summed E-state index contributed by atoms with van der Waals surface area (Å²) in [7, 11) is 0. The number of halogens is 2. The van der Waals surface area contributed by atoms with Crippen molar-refractivity contribution in [2.24, 2.45) is 0 Å². The number of hydrogen-bond acceptors (Lipinski definition) is 5. The van der Waals surface area contributed by atoms with Crippen molar-refractivity contribution in [2.45, 2.75) is 6.54 Å². The number of thioether (sulfide) groups is 1. The minimum atomic E-state index is -0.469. The SMILES string of the molecule is O=C(CN1CCN(C(=O)c2ccc(F)cc2Cl)CC1)Nc1cccc(CN2CCSCC2)c1. The van der Waals surface area contributed by atoms with Crippen LogP contribution in [-0.2, 0) is 11.3 Å². The fourth-order valence-corrected chi connectivity index (χ4v) is 5.34. The van der Waals surface area contributed by atoms with E-state index in [-0.39, 0.29) is 23.4 Å². The number of nitrogens with zero attached hydrogens (tertiary/aromatic N) is 3. The van der Waals surface area contributed by atoms with Crippen molar-refractivity contribution >= 4 is 40.9 Å². The molecule has 4 rings (SSSR count). The predicted octanol–water partition coefficient (Wildman–Crippen LogP) is 3.42. The molecule has 0 aliphatic carbocycles. The number of carbonyl (C=O) groups excluding carboxylic acids is 2. The summed E-state index contributed by atoms with van der Waals surface area (Å²) in [6.45, 7) is 5.53. The molecule has 1 N–H and O–H groups in total. The van der Waals surface area contributed by atoms with Gasteiger partial charge in [0.15, 0.2) is 0 Å². The van der Waals surface area contributed by atoms with Gasteiger partial charge in [0, 0.05) is 63.0 Å². The fraction of sp³-hybridized carbons (Fsp3) is 0.417. The van der Waals surface area contributed by atoms with E-state index >= 15 is 0 Å². The summed E-state index contributed by atoms with van der Waals surface area (Å²) in [6, 6.07) is 11.8. The normalized spacial score (nSPS) is 17.7. The largest absolute Gasteiger partial charge is 0.336 e. The van der Waals surface area contributed by atoms with E-state index in [1.54, 1.807) is 4.90 Å². The van der Waals surface area contributed by atoms with E-state index < -0.39 is 5.82 Å². The number of amides is 2. The van der Waals surface area contributed by atoms with Crippen molar-refractivity contribution in [3.63, 3.8) is 0 Å². The van der Waals surface area contributed by atoms with E-state index in [2.05, 4.69) is 16.3 Å². The van der Waals surface area contributed by atoms with Gasteiger partial charge < -0.3 is 10.2 Å². The minimum Gasteiger partial charge on any atom is -0.336 e. The summed E-state index contributed by atoms with van der Waals surface area (Å²) in [5.41, 5.74) is 2.31. The second-order valence-electron chi connectivity index (χ2n) is 8.33. The summed E-state index contributed by atoms with van der Waals surface area (Å²) in [5.74, 6) is 1.60. The molecular weight excluding hydrogens is 463 g/mol. The van der Waals surface area contributed by atoms with E-state index in [1.807, 2.05) is 34.9 Å². The average molecular weight is 491 g/mol. The van der Waals surface area contributed by atoms with Crippen LogP contribution in [0.15, 0.2) is 42.5 Å². The summed E-state index contributed by atoms with van der Waals surface area (Å²) in [5, 5.41) is 3.12. The zero-order chi connectivity index (χ0) is 23.2. The molecule has 176 valence electrons. The Labute approximate surface area is 203 Å². The monoisotopic (exact) mass is 490 g/mol. The van der Waals surface area contributed by atoms with E-state index in [0.717, 1.165) is 31.4 Å². The van der Waals surface area contributed by atoms with Gasteiger partial charge in [-0.3, -0.25) is 19.4 Å². The molecule has 2 aliphatic rings. The molecule has 2 heterocycles. The molecule has 6 nitrogen and oxygen atoms in total. The molecule has 0 atom stereocenters. The van der Waals surface area contributed by atoms with Gasteiger partial charge in [-0.15, -0.1) is 0 Å². The Morgan fingerprint density at radius 3 is 2.45 bits per heavy atom. The molecule has 0 aromatic heterocycles. The Balaban J connectivity index is 1.24. The maximum Gasteiger partial charge on any atom is 0.255 e. The summed E-state index contributed by atoms with van der Waals surface area (Å²) < 4.78 is 13.3. The molecule has 2 aromatic carbocycles. The number of benzene rings is 2. The molecule has 0 unspecified atom stereocenters. The maximum atomic E-state index is 13.3. The average Bonchev–Trinajstić information content (AvgIpc) is 2.80. The van der Waals surface area contributed by atoms with Crippen molar-refractivity contribution < 1.29 is 14.0 Å². The molecule has 9 heteroatoms. The molecule has 0 bridgehead atoms. The number of carbonyl (C=O) groups is 2. The summed E-state index contributed by atoms with van der Waals surface area (Å²) >= 11 is 8.02. The highest BCUT2D eigenvalue weighted by molar-refractivity contribution is 7.99. The van der Waals surface area contributed by atoms with E-state index in [9.17, 15) is 14.0 Å². The number of piperazine rings is 1. The second kappa shape index (κ2) is 11.3. The van der Waals surface area contributed by atoms with Gasteiger partial charge in [0.05, 0.1) is 17.1 Å². The Kier molecular flexibility index (Phi) is 8.25. The molecule has 0 saturated carbocycles. The predicted molar refractivity (Wildman–Crippen MR) is 131 cm³/mol. The molecule has 0 spiro atoms. The third-order valence-corrected chi connectivity index (χ3v) is 7.16. The quantitative estimate of drug-likeness (QED) is 0.672.